The van der Waals surface area contributed by atoms with Crippen molar-refractivity contribution < 1.29 is 18.3 Å². The highest BCUT2D eigenvalue weighted by Gasteiger charge is 2.59. The normalized spacial score (nSPS) is 23.7. The number of nitrogens with two attached hydrogens (primary N) is 1. The highest BCUT2D eigenvalue weighted by molar-refractivity contribution is 5.95. The Balaban J connectivity index is 1.61. The Morgan fingerprint density at radius 3 is 2.86 bits per heavy atom. The zero-order valence-electron chi connectivity index (χ0n) is 15.1. The maximum Gasteiger partial charge on any atom is 0.259 e. The minimum Gasteiger partial charge on any atom is -0.382 e. The van der Waals surface area contributed by atoms with Crippen LogP contribution in [-0.2, 0) is 4.74 Å². The van der Waals surface area contributed by atoms with Gasteiger partial charge in [0.1, 0.15) is 17.5 Å². The number of ether oxygens (including phenoxy) is 1. The van der Waals surface area contributed by atoms with Crippen molar-refractivity contribution in [1.29, 1.82) is 5.26 Å². The van der Waals surface area contributed by atoms with Gasteiger partial charge in [-0.25, -0.2) is 13.5 Å². The molecule has 2 aromatic rings. The summed E-state index contributed by atoms with van der Waals surface area (Å²) in [5.74, 6) is -3.00. The summed E-state index contributed by atoms with van der Waals surface area (Å²) in [6.07, 6.45) is 1.21. The van der Waals surface area contributed by atoms with Crippen molar-refractivity contribution in [3.63, 3.8) is 0 Å². The summed E-state index contributed by atoms with van der Waals surface area (Å²) in [5.41, 5.74) is 5.70. The van der Waals surface area contributed by atoms with Gasteiger partial charge in [0.05, 0.1) is 23.9 Å². The topological polar surface area (TPSA) is 97.2 Å². The van der Waals surface area contributed by atoms with Crippen molar-refractivity contribution in [3.8, 4) is 11.8 Å². The molecule has 1 aromatic heterocycles. The number of carbonyl (C=O) groups is 1. The largest absolute Gasteiger partial charge is 0.382 e. The van der Waals surface area contributed by atoms with Gasteiger partial charge in [-0.05, 0) is 24.6 Å². The number of likely N-dealkylation sites (tertiary alicyclic amines) is 1. The van der Waals surface area contributed by atoms with E-state index in [9.17, 15) is 13.6 Å². The van der Waals surface area contributed by atoms with Crippen LogP contribution in [-0.4, -0.2) is 52.8 Å². The summed E-state index contributed by atoms with van der Waals surface area (Å²) in [6, 6.07) is 8.54. The number of halogens is 2. The molecule has 2 N–H and O–H groups in total. The minimum absolute atomic E-state index is 0.0136. The van der Waals surface area contributed by atoms with Gasteiger partial charge < -0.3 is 15.4 Å². The lowest BCUT2D eigenvalue weighted by molar-refractivity contribution is -0.159. The first-order valence-corrected chi connectivity index (χ1v) is 8.96. The first-order chi connectivity index (χ1) is 13.4. The molecule has 9 heteroatoms. The summed E-state index contributed by atoms with van der Waals surface area (Å²) in [5, 5.41) is 13.1. The van der Waals surface area contributed by atoms with Gasteiger partial charge in [-0.2, -0.15) is 10.4 Å². The number of alkyl halides is 2. The second kappa shape index (κ2) is 6.56. The molecule has 0 radical (unpaired) electrons. The molecule has 0 aliphatic carbocycles. The molecular weight excluding hydrogens is 368 g/mol. The van der Waals surface area contributed by atoms with Crippen LogP contribution in [0.4, 0.5) is 14.6 Å². The molecule has 0 saturated carbocycles. The van der Waals surface area contributed by atoms with E-state index in [4.69, 9.17) is 15.7 Å². The molecule has 28 heavy (non-hydrogen) atoms. The standard InChI is InChI=1S/C19H19F2N5O2/c20-19(21)4-6-25(11-18(19)5-7-28-12-18)17(27)13-2-1-3-15(8-13)26-16(23)14(9-22)10-24-26/h1-3,8,10H,4-7,11-12,23H2. The number of hydrogen-bond acceptors (Lipinski definition) is 5. The van der Waals surface area contributed by atoms with Crippen LogP contribution in [0, 0.1) is 16.7 Å². The highest BCUT2D eigenvalue weighted by atomic mass is 19.3. The van der Waals surface area contributed by atoms with Gasteiger partial charge in [-0.1, -0.05) is 6.07 Å². The summed E-state index contributed by atoms with van der Waals surface area (Å²) in [6.45, 7) is 0.198. The van der Waals surface area contributed by atoms with Crippen LogP contribution < -0.4 is 5.73 Å². The SMILES string of the molecule is N#Cc1cnn(-c2cccc(C(=O)N3CCC(F)(F)C4(CCOC4)C3)c2)c1N. The number of hydrogen-bond donors (Lipinski definition) is 1. The second-order valence-electron chi connectivity index (χ2n) is 7.28. The van der Waals surface area contributed by atoms with Crippen LogP contribution in [0.1, 0.15) is 28.8 Å². The molecule has 3 heterocycles. The fraction of sp³-hybridized carbons (Fsp3) is 0.421. The Morgan fingerprint density at radius 1 is 1.36 bits per heavy atom. The Labute approximate surface area is 160 Å². The Kier molecular flexibility index (Phi) is 4.31. The van der Waals surface area contributed by atoms with Crippen LogP contribution >= 0.6 is 0 Å². The number of carbonyl (C=O) groups excluding carboxylic acids is 1. The average Bonchev–Trinajstić information content (AvgIpc) is 3.31. The summed E-state index contributed by atoms with van der Waals surface area (Å²) < 4.78 is 35.6. The van der Waals surface area contributed by atoms with Crippen LogP contribution in [0.15, 0.2) is 30.5 Å². The third-order valence-corrected chi connectivity index (χ3v) is 5.62. The number of nitrogen functional groups attached to an aromatic ring is 1. The van der Waals surface area contributed by atoms with Crippen molar-refractivity contribution in [3.05, 3.63) is 41.6 Å². The third kappa shape index (κ3) is 2.81. The van der Waals surface area contributed by atoms with Crippen LogP contribution in [0.2, 0.25) is 0 Å². The fourth-order valence-corrected chi connectivity index (χ4v) is 3.90. The molecule has 2 aliphatic rings. The Bertz CT molecular complexity index is 959. The third-order valence-electron chi connectivity index (χ3n) is 5.62. The molecule has 2 fully saturated rings. The zero-order chi connectivity index (χ0) is 19.9. The van der Waals surface area contributed by atoms with Gasteiger partial charge in [0.15, 0.2) is 0 Å². The van der Waals surface area contributed by atoms with Crippen LogP contribution in [0.25, 0.3) is 5.69 Å². The number of aromatic nitrogens is 2. The van der Waals surface area contributed by atoms with Gasteiger partial charge in [0, 0.05) is 31.7 Å². The first-order valence-electron chi connectivity index (χ1n) is 8.96. The number of nitriles is 1. The molecule has 1 atom stereocenters. The predicted molar refractivity (Wildman–Crippen MR) is 96.0 cm³/mol. The monoisotopic (exact) mass is 387 g/mol. The molecule has 1 spiro atoms. The molecular formula is C19H19F2N5O2. The molecule has 146 valence electrons. The summed E-state index contributed by atoms with van der Waals surface area (Å²) in [4.78, 5) is 14.5. The summed E-state index contributed by atoms with van der Waals surface area (Å²) >= 11 is 0. The predicted octanol–water partition coefficient (Wildman–Crippen LogP) is 2.21. The van der Waals surface area contributed by atoms with Crippen molar-refractivity contribution >= 4 is 11.7 Å². The van der Waals surface area contributed by atoms with E-state index in [2.05, 4.69) is 5.10 Å². The quantitative estimate of drug-likeness (QED) is 0.852. The van der Waals surface area contributed by atoms with Crippen LogP contribution in [0.5, 0.6) is 0 Å². The van der Waals surface area contributed by atoms with Crippen LogP contribution in [0.3, 0.4) is 0 Å². The molecule has 1 aromatic carbocycles. The number of nitrogens with zero attached hydrogens (tertiary/aromatic N) is 4. The smallest absolute Gasteiger partial charge is 0.259 e. The second-order valence-corrected chi connectivity index (χ2v) is 7.28. The molecule has 1 unspecified atom stereocenters. The van der Waals surface area contributed by atoms with Gasteiger partial charge in [0.2, 0.25) is 0 Å². The van der Waals surface area contributed by atoms with E-state index < -0.39 is 11.3 Å². The number of piperidine rings is 1. The molecule has 0 bridgehead atoms. The number of anilines is 1. The maximum atomic E-state index is 14.5. The van der Waals surface area contributed by atoms with E-state index in [0.29, 0.717) is 11.3 Å². The van der Waals surface area contributed by atoms with E-state index in [0.717, 1.165) is 0 Å². The molecule has 2 saturated heterocycles. The minimum atomic E-state index is -2.85. The molecule has 7 nitrogen and oxygen atoms in total. The number of rotatable bonds is 2. The molecule has 1 amide bonds. The number of amides is 1. The highest BCUT2D eigenvalue weighted by Crippen LogP contribution is 2.48. The first kappa shape index (κ1) is 18.4. The Hall–Kier alpha value is -2.99. The lowest BCUT2D eigenvalue weighted by Crippen LogP contribution is -2.57. The Morgan fingerprint density at radius 2 is 2.18 bits per heavy atom. The summed E-state index contributed by atoms with van der Waals surface area (Å²) in [7, 11) is 0. The van der Waals surface area contributed by atoms with E-state index in [1.165, 1.54) is 15.8 Å². The molecule has 2 aliphatic heterocycles. The van der Waals surface area contributed by atoms with E-state index >= 15 is 0 Å². The lowest BCUT2D eigenvalue weighted by Gasteiger charge is -2.45. The maximum absolute atomic E-state index is 14.5. The van der Waals surface area contributed by atoms with Gasteiger partial charge in [0.25, 0.3) is 11.8 Å². The van der Waals surface area contributed by atoms with Gasteiger partial charge in [-0.15, -0.1) is 0 Å². The van der Waals surface area contributed by atoms with Crippen molar-refractivity contribution in [2.75, 3.05) is 32.0 Å². The van der Waals surface area contributed by atoms with Gasteiger partial charge in [-0.3, -0.25) is 4.79 Å². The van der Waals surface area contributed by atoms with Crippen molar-refractivity contribution in [2.45, 2.75) is 18.8 Å². The van der Waals surface area contributed by atoms with Crippen molar-refractivity contribution in [1.82, 2.24) is 14.7 Å². The van der Waals surface area contributed by atoms with E-state index in [-0.39, 0.29) is 56.4 Å². The average molecular weight is 387 g/mol. The molecule has 4 rings (SSSR count). The lowest BCUT2D eigenvalue weighted by atomic mass is 9.75. The fourth-order valence-electron chi connectivity index (χ4n) is 3.90. The van der Waals surface area contributed by atoms with Gasteiger partial charge >= 0.3 is 0 Å². The van der Waals surface area contributed by atoms with Crippen molar-refractivity contribution in [2.24, 2.45) is 5.41 Å². The van der Waals surface area contributed by atoms with E-state index in [1.807, 2.05) is 6.07 Å². The number of benzene rings is 1. The zero-order valence-corrected chi connectivity index (χ0v) is 15.1. The van der Waals surface area contributed by atoms with E-state index in [1.54, 1.807) is 24.3 Å².